The predicted molar refractivity (Wildman–Crippen MR) is 138 cm³/mol. The van der Waals surface area contributed by atoms with E-state index in [1.165, 1.54) is 7.11 Å². The maximum absolute atomic E-state index is 12.6. The maximum atomic E-state index is 12.6. The molecule has 0 aromatic heterocycles. The Labute approximate surface area is 218 Å². The first-order valence-corrected chi connectivity index (χ1v) is 12.5. The first-order valence-electron chi connectivity index (χ1n) is 12.5. The Bertz CT molecular complexity index is 818. The molecular formula is C27H43NO9. The van der Waals surface area contributed by atoms with Crippen LogP contribution in [0, 0.1) is 17.8 Å². The molecule has 0 radical (unpaired) electrons. The van der Waals surface area contributed by atoms with E-state index in [1.807, 2.05) is 0 Å². The van der Waals surface area contributed by atoms with Crippen LogP contribution in [-0.4, -0.2) is 69.5 Å². The van der Waals surface area contributed by atoms with Gasteiger partial charge in [0.15, 0.2) is 0 Å². The Morgan fingerprint density at radius 2 is 1.62 bits per heavy atom. The molecule has 0 fully saturated rings. The van der Waals surface area contributed by atoms with E-state index in [1.54, 1.807) is 45.1 Å². The number of primary amides is 1. The number of carboxylic acids is 2. The molecule has 0 saturated carbocycles. The molecule has 0 aromatic rings. The number of rotatable bonds is 20. The van der Waals surface area contributed by atoms with E-state index in [0.717, 1.165) is 6.08 Å². The summed E-state index contributed by atoms with van der Waals surface area (Å²) in [6.07, 6.45) is 6.98. The van der Waals surface area contributed by atoms with Crippen molar-refractivity contribution in [2.45, 2.75) is 84.0 Å². The lowest BCUT2D eigenvalue weighted by molar-refractivity contribution is -0.138. The van der Waals surface area contributed by atoms with Crippen LogP contribution >= 0.6 is 0 Å². The number of nitrogens with two attached hydrogens (primary N) is 1. The summed E-state index contributed by atoms with van der Waals surface area (Å²) in [5.41, 5.74) is 5.70. The minimum absolute atomic E-state index is 0.0554. The minimum atomic E-state index is -1.06. The Hall–Kier alpha value is -2.82. The normalized spacial score (nSPS) is 17.3. The number of Topliss-reactive ketones (excluding diaryl/α,β-unsaturated/α-hetero) is 1. The second kappa shape index (κ2) is 18.4. The number of aliphatic hydroxyl groups is 2. The van der Waals surface area contributed by atoms with Crippen molar-refractivity contribution >= 4 is 23.6 Å². The molecule has 0 aromatic carbocycles. The van der Waals surface area contributed by atoms with Crippen LogP contribution in [0.1, 0.15) is 65.7 Å². The van der Waals surface area contributed by atoms with Gasteiger partial charge < -0.3 is 30.9 Å². The molecule has 10 heteroatoms. The Morgan fingerprint density at radius 1 is 1.00 bits per heavy atom. The smallest absolute Gasteiger partial charge is 0.327 e. The molecule has 0 bridgehead atoms. The molecule has 0 unspecified atom stereocenters. The lowest BCUT2D eigenvalue weighted by atomic mass is 9.87. The monoisotopic (exact) mass is 525 g/mol. The second-order valence-corrected chi connectivity index (χ2v) is 9.43. The van der Waals surface area contributed by atoms with Crippen molar-refractivity contribution in [1.82, 2.24) is 0 Å². The van der Waals surface area contributed by atoms with E-state index < -0.39 is 53.9 Å². The third-order valence-corrected chi connectivity index (χ3v) is 6.20. The standard InChI is InChI=1S/C27H43NO9/c1-17(14-18(2)27(36)22(37-4)12-7-5-6-8-13-24(31)32)26(35)19(3)21(29)11-9-10-20(15-23(28)30)16-25(33)34/h7-8,12-14,18-20,22,26-27,35-36H,5-6,9-11,15-16H2,1-4H3,(H2,28,30)(H,31,32)(H,33,34)/b12-7+,13-8+,17-14+/t18-,19-,20-,22+,26-,27-/m0/s1. The molecule has 210 valence electrons. The molecule has 37 heavy (non-hydrogen) atoms. The van der Waals surface area contributed by atoms with E-state index in [4.69, 9.17) is 20.7 Å². The van der Waals surface area contributed by atoms with Gasteiger partial charge in [-0.25, -0.2) is 4.79 Å². The van der Waals surface area contributed by atoms with Gasteiger partial charge in [-0.15, -0.1) is 0 Å². The number of methoxy groups -OCH3 is 1. The molecule has 6 N–H and O–H groups in total. The Kier molecular flexibility index (Phi) is 17.0. The Morgan fingerprint density at radius 3 is 2.16 bits per heavy atom. The number of ketones is 1. The molecular weight excluding hydrogens is 482 g/mol. The van der Waals surface area contributed by atoms with Gasteiger partial charge in [0, 0.05) is 44.3 Å². The zero-order chi connectivity index (χ0) is 28.5. The van der Waals surface area contributed by atoms with Crippen molar-refractivity contribution in [3.63, 3.8) is 0 Å². The van der Waals surface area contributed by atoms with E-state index >= 15 is 0 Å². The third kappa shape index (κ3) is 15.1. The van der Waals surface area contributed by atoms with Gasteiger partial charge in [-0.2, -0.15) is 0 Å². The molecule has 1 amide bonds. The average Bonchev–Trinajstić information content (AvgIpc) is 2.80. The minimum Gasteiger partial charge on any atom is -0.481 e. The van der Waals surface area contributed by atoms with E-state index in [9.17, 15) is 29.4 Å². The van der Waals surface area contributed by atoms with Crippen LogP contribution < -0.4 is 5.73 Å². The van der Waals surface area contributed by atoms with Gasteiger partial charge in [0.25, 0.3) is 0 Å². The van der Waals surface area contributed by atoms with Crippen molar-refractivity contribution in [3.8, 4) is 0 Å². The highest BCUT2D eigenvalue weighted by Gasteiger charge is 2.26. The summed E-state index contributed by atoms with van der Waals surface area (Å²) >= 11 is 0. The number of hydrogen-bond donors (Lipinski definition) is 5. The van der Waals surface area contributed by atoms with E-state index in [-0.39, 0.29) is 25.0 Å². The second-order valence-electron chi connectivity index (χ2n) is 9.43. The molecule has 6 atom stereocenters. The summed E-state index contributed by atoms with van der Waals surface area (Å²) in [5, 5.41) is 38.9. The first kappa shape index (κ1) is 34.2. The summed E-state index contributed by atoms with van der Waals surface area (Å²) in [6, 6.07) is 0. The van der Waals surface area contributed by atoms with E-state index in [0.29, 0.717) is 31.3 Å². The highest BCUT2D eigenvalue weighted by Crippen LogP contribution is 2.22. The van der Waals surface area contributed by atoms with Gasteiger partial charge in [-0.3, -0.25) is 14.4 Å². The van der Waals surface area contributed by atoms with Crippen LogP contribution in [0.15, 0.2) is 36.0 Å². The van der Waals surface area contributed by atoms with Crippen molar-refractivity contribution in [3.05, 3.63) is 36.0 Å². The molecule has 0 aliphatic heterocycles. The zero-order valence-corrected chi connectivity index (χ0v) is 22.2. The van der Waals surface area contributed by atoms with Crippen molar-refractivity contribution < 1.29 is 44.3 Å². The molecule has 0 aliphatic rings. The summed E-state index contributed by atoms with van der Waals surface area (Å²) < 4.78 is 5.36. The van der Waals surface area contributed by atoms with Crippen LogP contribution in [0.2, 0.25) is 0 Å². The van der Waals surface area contributed by atoms with Crippen LogP contribution in [0.5, 0.6) is 0 Å². The topological polar surface area (TPSA) is 184 Å². The number of ether oxygens (including phenoxy) is 1. The zero-order valence-electron chi connectivity index (χ0n) is 22.2. The number of aliphatic carboxylic acids is 2. The fraction of sp³-hybridized carbons (Fsp3) is 0.630. The van der Waals surface area contributed by atoms with Crippen molar-refractivity contribution in [1.29, 1.82) is 0 Å². The number of amides is 1. The number of aliphatic hydroxyl groups excluding tert-OH is 2. The van der Waals surface area contributed by atoms with Crippen LogP contribution in [-0.2, 0) is 23.9 Å². The highest BCUT2D eigenvalue weighted by molar-refractivity contribution is 5.81. The number of carbonyl (C=O) groups is 4. The molecule has 0 spiro atoms. The lowest BCUT2D eigenvalue weighted by Crippen LogP contribution is -2.32. The predicted octanol–water partition coefficient (Wildman–Crippen LogP) is 2.62. The van der Waals surface area contributed by atoms with Crippen molar-refractivity contribution in [2.75, 3.05) is 7.11 Å². The average molecular weight is 526 g/mol. The van der Waals surface area contributed by atoms with Gasteiger partial charge in [0.2, 0.25) is 5.91 Å². The number of carboxylic acid groups (broad SMARTS) is 2. The maximum Gasteiger partial charge on any atom is 0.327 e. The summed E-state index contributed by atoms with van der Waals surface area (Å²) in [6.45, 7) is 5.06. The van der Waals surface area contributed by atoms with Gasteiger partial charge in [-0.05, 0) is 44.1 Å². The van der Waals surface area contributed by atoms with Gasteiger partial charge >= 0.3 is 11.9 Å². The molecule has 10 nitrogen and oxygen atoms in total. The molecule has 0 heterocycles. The van der Waals surface area contributed by atoms with Crippen LogP contribution in [0.4, 0.5) is 0 Å². The number of unbranched alkanes of at least 4 members (excludes halogenated alkanes) is 1. The quantitative estimate of drug-likeness (QED) is 0.0905. The SMILES string of the molecule is CO[C@H](/C=C/CC/C=C/C(=O)O)[C@@H](O)[C@@H](C)/C=C(\C)[C@H](O)[C@@H](C)C(=O)CCC[C@@H](CC(N)=O)CC(=O)O. The number of allylic oxidation sites excluding steroid dienone is 2. The summed E-state index contributed by atoms with van der Waals surface area (Å²) in [5.74, 6) is -4.34. The van der Waals surface area contributed by atoms with Gasteiger partial charge in [0.05, 0.1) is 12.2 Å². The fourth-order valence-electron chi connectivity index (χ4n) is 4.02. The van der Waals surface area contributed by atoms with Crippen LogP contribution in [0.25, 0.3) is 0 Å². The summed E-state index contributed by atoms with van der Waals surface area (Å²) in [4.78, 5) is 45.2. The third-order valence-electron chi connectivity index (χ3n) is 6.20. The summed E-state index contributed by atoms with van der Waals surface area (Å²) in [7, 11) is 1.46. The van der Waals surface area contributed by atoms with Crippen molar-refractivity contribution in [2.24, 2.45) is 23.5 Å². The number of hydrogen-bond acceptors (Lipinski definition) is 7. The first-order chi connectivity index (χ1) is 17.3. The van der Waals surface area contributed by atoms with E-state index in [2.05, 4.69) is 0 Å². The van der Waals surface area contributed by atoms with Crippen LogP contribution in [0.3, 0.4) is 0 Å². The highest BCUT2D eigenvalue weighted by atomic mass is 16.5. The molecule has 0 aliphatic carbocycles. The number of carbonyl (C=O) groups excluding carboxylic acids is 2. The largest absolute Gasteiger partial charge is 0.481 e. The molecule has 0 rings (SSSR count). The Balaban J connectivity index is 4.92. The van der Waals surface area contributed by atoms with Gasteiger partial charge in [0.1, 0.15) is 11.9 Å². The molecule has 0 saturated heterocycles. The van der Waals surface area contributed by atoms with Gasteiger partial charge in [-0.1, -0.05) is 38.2 Å². The fourth-order valence-corrected chi connectivity index (χ4v) is 4.02. The lowest BCUT2D eigenvalue weighted by Gasteiger charge is -2.25.